The number of methoxy groups -OCH3 is 1. The summed E-state index contributed by atoms with van der Waals surface area (Å²) in [6.07, 6.45) is 1.70. The van der Waals surface area contributed by atoms with Crippen LogP contribution in [0.4, 0.5) is 4.79 Å². The minimum absolute atomic E-state index is 0.181. The maximum Gasteiger partial charge on any atom is 0.318 e. The first-order valence-electron chi connectivity index (χ1n) is 7.78. The van der Waals surface area contributed by atoms with Gasteiger partial charge in [-0.05, 0) is 23.8 Å². The molecule has 0 aliphatic rings. The van der Waals surface area contributed by atoms with Crippen LogP contribution in [0.25, 0.3) is 11.0 Å². The van der Waals surface area contributed by atoms with Gasteiger partial charge < -0.3 is 15.0 Å². The topological polar surface area (TPSA) is 85.2 Å². The lowest BCUT2D eigenvalue weighted by molar-refractivity contribution is 0.154. The van der Waals surface area contributed by atoms with Gasteiger partial charge in [0.1, 0.15) is 11.0 Å². The van der Waals surface area contributed by atoms with Crippen molar-refractivity contribution in [2.24, 2.45) is 7.05 Å². The Balaban J connectivity index is 1.67. The molecule has 2 amide bonds. The fourth-order valence-electron chi connectivity index (χ4n) is 2.62. The lowest BCUT2D eigenvalue weighted by Crippen LogP contribution is -2.41. The van der Waals surface area contributed by atoms with E-state index < -0.39 is 0 Å². The number of ether oxygens (including phenoxy) is 1. The first kappa shape index (κ1) is 17.3. The van der Waals surface area contributed by atoms with Crippen molar-refractivity contribution in [3.05, 3.63) is 41.7 Å². The van der Waals surface area contributed by atoms with E-state index in [1.807, 2.05) is 31.3 Å². The predicted octanol–water partition coefficient (Wildman–Crippen LogP) is 1.95. The number of carbonyl (C=O) groups is 1. The van der Waals surface area contributed by atoms with Gasteiger partial charge in [0, 0.05) is 33.9 Å². The van der Waals surface area contributed by atoms with Gasteiger partial charge in [0.2, 0.25) is 0 Å². The van der Waals surface area contributed by atoms with Gasteiger partial charge in [-0.25, -0.2) is 4.79 Å². The molecule has 8 nitrogen and oxygen atoms in total. The number of benzene rings is 1. The second-order valence-corrected chi connectivity index (χ2v) is 6.31. The summed E-state index contributed by atoms with van der Waals surface area (Å²) in [6.45, 7) is 0.847. The lowest BCUT2D eigenvalue weighted by atomic mass is 10.2. The fraction of sp³-hybridized carbons (Fsp3) is 0.375. The highest BCUT2D eigenvalue weighted by molar-refractivity contribution is 7.00. The summed E-state index contributed by atoms with van der Waals surface area (Å²) in [7, 11) is 5.20. The maximum absolute atomic E-state index is 12.6. The Hall–Kier alpha value is -2.52. The number of aromatic nitrogens is 4. The maximum atomic E-state index is 12.6. The molecule has 0 saturated carbocycles. The molecule has 0 bridgehead atoms. The van der Waals surface area contributed by atoms with Gasteiger partial charge in [0.15, 0.2) is 0 Å². The van der Waals surface area contributed by atoms with E-state index in [0.717, 1.165) is 22.3 Å². The standard InChI is InChI=1S/C16H20N6O2S/c1-21(9-11-4-5-12-13(8-11)20-25-19-12)16(23)18-14(10-24-3)15-6-7-17-22(15)2/h4-8,14H,9-10H2,1-3H3,(H,18,23)/t14-/m0/s1. The number of carbonyl (C=O) groups excluding carboxylic acids is 1. The number of amides is 2. The summed E-state index contributed by atoms with van der Waals surface area (Å²) >= 11 is 1.19. The molecule has 3 rings (SSSR count). The van der Waals surface area contributed by atoms with E-state index in [9.17, 15) is 4.79 Å². The van der Waals surface area contributed by atoms with Gasteiger partial charge in [0.05, 0.1) is 30.1 Å². The molecule has 2 heterocycles. The third-order valence-corrected chi connectivity index (χ3v) is 4.49. The monoisotopic (exact) mass is 360 g/mol. The highest BCUT2D eigenvalue weighted by atomic mass is 32.1. The van der Waals surface area contributed by atoms with Gasteiger partial charge in [0.25, 0.3) is 0 Å². The van der Waals surface area contributed by atoms with E-state index in [0.29, 0.717) is 13.2 Å². The van der Waals surface area contributed by atoms with Crippen LogP contribution in [0.3, 0.4) is 0 Å². The fourth-order valence-corrected chi connectivity index (χ4v) is 3.14. The minimum Gasteiger partial charge on any atom is -0.382 e. The van der Waals surface area contributed by atoms with Gasteiger partial charge in [-0.3, -0.25) is 4.68 Å². The molecule has 1 atom stereocenters. The normalized spacial score (nSPS) is 12.3. The predicted molar refractivity (Wildman–Crippen MR) is 95.2 cm³/mol. The number of rotatable bonds is 6. The highest BCUT2D eigenvalue weighted by Gasteiger charge is 2.20. The summed E-state index contributed by atoms with van der Waals surface area (Å²) < 4.78 is 15.4. The van der Waals surface area contributed by atoms with Crippen LogP contribution < -0.4 is 5.32 Å². The quantitative estimate of drug-likeness (QED) is 0.726. The first-order chi connectivity index (χ1) is 12.1. The zero-order valence-corrected chi connectivity index (χ0v) is 15.2. The Bertz CT molecular complexity index is 861. The van der Waals surface area contributed by atoms with E-state index in [1.54, 1.807) is 29.9 Å². The smallest absolute Gasteiger partial charge is 0.318 e. The molecular formula is C16H20N6O2S. The van der Waals surface area contributed by atoms with Crippen LogP contribution in [0.2, 0.25) is 0 Å². The second kappa shape index (κ2) is 7.58. The van der Waals surface area contributed by atoms with Crippen molar-refractivity contribution >= 4 is 28.8 Å². The van der Waals surface area contributed by atoms with Crippen molar-refractivity contribution in [3.63, 3.8) is 0 Å². The molecule has 132 valence electrons. The molecule has 0 aliphatic heterocycles. The first-order valence-corrected chi connectivity index (χ1v) is 8.51. The van der Waals surface area contributed by atoms with Crippen LogP contribution in [0.5, 0.6) is 0 Å². The summed E-state index contributed by atoms with van der Waals surface area (Å²) in [6, 6.07) is 7.26. The Morgan fingerprint density at radius 1 is 1.36 bits per heavy atom. The molecule has 0 aliphatic carbocycles. The van der Waals surface area contributed by atoms with Gasteiger partial charge in [-0.15, -0.1) is 0 Å². The Kier molecular flexibility index (Phi) is 5.25. The molecule has 25 heavy (non-hydrogen) atoms. The third-order valence-electron chi connectivity index (χ3n) is 3.93. The van der Waals surface area contributed by atoms with Crippen molar-refractivity contribution in [1.82, 2.24) is 28.7 Å². The second-order valence-electron chi connectivity index (χ2n) is 5.78. The van der Waals surface area contributed by atoms with Crippen LogP contribution in [0, 0.1) is 0 Å². The Morgan fingerprint density at radius 3 is 2.88 bits per heavy atom. The molecule has 9 heteroatoms. The average molecular weight is 360 g/mol. The van der Waals surface area contributed by atoms with Crippen molar-refractivity contribution in [2.45, 2.75) is 12.6 Å². The number of hydrogen-bond donors (Lipinski definition) is 1. The molecule has 0 unspecified atom stereocenters. The van der Waals surface area contributed by atoms with Gasteiger partial charge in [-0.1, -0.05) is 6.07 Å². The van der Waals surface area contributed by atoms with Gasteiger partial charge >= 0.3 is 6.03 Å². The Morgan fingerprint density at radius 2 is 2.16 bits per heavy atom. The van der Waals surface area contributed by atoms with Crippen LogP contribution in [0.15, 0.2) is 30.5 Å². The van der Waals surface area contributed by atoms with Crippen LogP contribution in [-0.4, -0.2) is 50.2 Å². The molecule has 2 aromatic heterocycles. The highest BCUT2D eigenvalue weighted by Crippen LogP contribution is 2.16. The van der Waals surface area contributed by atoms with E-state index in [2.05, 4.69) is 19.2 Å². The van der Waals surface area contributed by atoms with Crippen molar-refractivity contribution in [3.8, 4) is 0 Å². The van der Waals surface area contributed by atoms with Crippen LogP contribution in [-0.2, 0) is 18.3 Å². The molecule has 0 saturated heterocycles. The van der Waals surface area contributed by atoms with E-state index in [1.165, 1.54) is 11.7 Å². The Labute approximate surface area is 149 Å². The van der Waals surface area contributed by atoms with Crippen molar-refractivity contribution < 1.29 is 9.53 Å². The van der Waals surface area contributed by atoms with Crippen molar-refractivity contribution in [1.29, 1.82) is 0 Å². The third kappa shape index (κ3) is 3.94. The number of hydrogen-bond acceptors (Lipinski definition) is 6. The molecule has 0 fully saturated rings. The molecule has 0 spiro atoms. The average Bonchev–Trinajstić information content (AvgIpc) is 3.22. The van der Waals surface area contributed by atoms with E-state index in [4.69, 9.17) is 4.74 Å². The number of aryl methyl sites for hydroxylation is 1. The number of fused-ring (bicyclic) bond motifs is 1. The molecular weight excluding hydrogens is 340 g/mol. The largest absolute Gasteiger partial charge is 0.382 e. The molecule has 1 aromatic carbocycles. The molecule has 3 aromatic rings. The SMILES string of the molecule is COC[C@H](NC(=O)N(C)Cc1ccc2nsnc2c1)c1ccnn1C. The zero-order valence-electron chi connectivity index (χ0n) is 14.3. The van der Waals surface area contributed by atoms with Crippen LogP contribution in [0.1, 0.15) is 17.3 Å². The van der Waals surface area contributed by atoms with E-state index >= 15 is 0 Å². The molecule has 1 N–H and O–H groups in total. The number of nitrogens with one attached hydrogen (secondary N) is 1. The van der Waals surface area contributed by atoms with Crippen LogP contribution >= 0.6 is 11.7 Å². The summed E-state index contributed by atoms with van der Waals surface area (Å²) in [5.74, 6) is 0. The summed E-state index contributed by atoms with van der Waals surface area (Å²) in [4.78, 5) is 14.2. The minimum atomic E-state index is -0.266. The summed E-state index contributed by atoms with van der Waals surface area (Å²) in [5, 5.41) is 7.14. The number of urea groups is 1. The summed E-state index contributed by atoms with van der Waals surface area (Å²) in [5.41, 5.74) is 3.61. The lowest BCUT2D eigenvalue weighted by Gasteiger charge is -2.23. The van der Waals surface area contributed by atoms with E-state index in [-0.39, 0.29) is 12.1 Å². The molecule has 0 radical (unpaired) electrons. The van der Waals surface area contributed by atoms with Gasteiger partial charge in [-0.2, -0.15) is 13.8 Å². The van der Waals surface area contributed by atoms with Crippen molar-refractivity contribution in [2.75, 3.05) is 20.8 Å². The zero-order chi connectivity index (χ0) is 17.8. The number of nitrogens with zero attached hydrogens (tertiary/aromatic N) is 5.